The first-order valence-electron chi connectivity index (χ1n) is 7.29. The number of nitrogens with zero attached hydrogens (tertiary/aromatic N) is 3. The van der Waals surface area contributed by atoms with Gasteiger partial charge < -0.3 is 5.73 Å². The highest BCUT2D eigenvalue weighted by Gasteiger charge is 2.22. The number of rotatable bonds is 3. The van der Waals surface area contributed by atoms with Crippen molar-refractivity contribution in [3.8, 4) is 5.69 Å². The van der Waals surface area contributed by atoms with Crippen LogP contribution in [0, 0.1) is 5.92 Å². The molecular formula is C16H22N4. The summed E-state index contributed by atoms with van der Waals surface area (Å²) in [5.41, 5.74) is 8.53. The third-order valence-electron chi connectivity index (χ3n) is 4.17. The Bertz CT molecular complexity index is 532. The van der Waals surface area contributed by atoms with E-state index >= 15 is 0 Å². The SMILES string of the molecule is CC1CN(Cc2ccc(-n3cccn3)cc2)CCC1N. The molecule has 2 unspecified atom stereocenters. The van der Waals surface area contributed by atoms with Crippen LogP contribution in [-0.4, -0.2) is 33.8 Å². The van der Waals surface area contributed by atoms with Gasteiger partial charge in [0.05, 0.1) is 5.69 Å². The Labute approximate surface area is 120 Å². The van der Waals surface area contributed by atoms with Crippen LogP contribution in [0.15, 0.2) is 42.7 Å². The topological polar surface area (TPSA) is 47.1 Å². The molecule has 0 aliphatic carbocycles. The lowest BCUT2D eigenvalue weighted by molar-refractivity contribution is 0.158. The fourth-order valence-corrected chi connectivity index (χ4v) is 2.83. The minimum absolute atomic E-state index is 0.369. The maximum atomic E-state index is 6.07. The van der Waals surface area contributed by atoms with Gasteiger partial charge in [-0.1, -0.05) is 19.1 Å². The third kappa shape index (κ3) is 2.92. The molecule has 4 heteroatoms. The van der Waals surface area contributed by atoms with Crippen LogP contribution in [-0.2, 0) is 6.54 Å². The Kier molecular flexibility index (Phi) is 3.85. The summed E-state index contributed by atoms with van der Waals surface area (Å²) in [6, 6.07) is 10.9. The number of nitrogens with two attached hydrogens (primary N) is 1. The van der Waals surface area contributed by atoms with Crippen molar-refractivity contribution in [2.75, 3.05) is 13.1 Å². The van der Waals surface area contributed by atoms with Gasteiger partial charge in [0.1, 0.15) is 0 Å². The van der Waals surface area contributed by atoms with Crippen molar-refractivity contribution in [3.05, 3.63) is 48.3 Å². The summed E-state index contributed by atoms with van der Waals surface area (Å²) in [7, 11) is 0. The van der Waals surface area contributed by atoms with Crippen LogP contribution in [0.2, 0.25) is 0 Å². The molecule has 106 valence electrons. The van der Waals surface area contributed by atoms with Crippen LogP contribution in [0.25, 0.3) is 5.69 Å². The third-order valence-corrected chi connectivity index (χ3v) is 4.17. The lowest BCUT2D eigenvalue weighted by Crippen LogP contribution is -2.45. The average molecular weight is 270 g/mol. The molecule has 1 fully saturated rings. The largest absolute Gasteiger partial charge is 0.327 e. The van der Waals surface area contributed by atoms with Gasteiger partial charge in [0.2, 0.25) is 0 Å². The van der Waals surface area contributed by atoms with E-state index in [2.05, 4.69) is 41.2 Å². The number of aromatic nitrogens is 2. The van der Waals surface area contributed by atoms with E-state index in [-0.39, 0.29) is 0 Å². The molecule has 0 spiro atoms. The number of benzene rings is 1. The molecular weight excluding hydrogens is 248 g/mol. The Morgan fingerprint density at radius 2 is 2.10 bits per heavy atom. The summed E-state index contributed by atoms with van der Waals surface area (Å²) in [5.74, 6) is 0.590. The van der Waals surface area contributed by atoms with Gasteiger partial charge in [-0.3, -0.25) is 4.90 Å². The van der Waals surface area contributed by atoms with Crippen LogP contribution in [0.1, 0.15) is 18.9 Å². The van der Waals surface area contributed by atoms with E-state index in [0.29, 0.717) is 12.0 Å². The second-order valence-corrected chi connectivity index (χ2v) is 5.78. The molecule has 0 amide bonds. The van der Waals surface area contributed by atoms with Crippen molar-refractivity contribution in [2.45, 2.75) is 25.9 Å². The molecule has 3 rings (SSSR count). The lowest BCUT2D eigenvalue weighted by Gasteiger charge is -2.35. The second kappa shape index (κ2) is 5.77. The average Bonchev–Trinajstić information content (AvgIpc) is 2.98. The highest BCUT2D eigenvalue weighted by atomic mass is 15.3. The van der Waals surface area contributed by atoms with Crippen LogP contribution < -0.4 is 5.73 Å². The van der Waals surface area contributed by atoms with Gasteiger partial charge in [-0.05, 0) is 42.6 Å². The summed E-state index contributed by atoms with van der Waals surface area (Å²) in [5, 5.41) is 4.24. The highest BCUT2D eigenvalue weighted by Crippen LogP contribution is 2.18. The molecule has 20 heavy (non-hydrogen) atoms. The Balaban J connectivity index is 1.64. The minimum Gasteiger partial charge on any atom is -0.327 e. The number of hydrogen-bond acceptors (Lipinski definition) is 3. The fourth-order valence-electron chi connectivity index (χ4n) is 2.83. The summed E-state index contributed by atoms with van der Waals surface area (Å²) in [6.45, 7) is 5.46. The van der Waals surface area contributed by atoms with Gasteiger partial charge in [0.25, 0.3) is 0 Å². The standard InChI is InChI=1S/C16H22N4/c1-13-11-19(10-7-16(13)17)12-14-3-5-15(6-4-14)20-9-2-8-18-20/h2-6,8-9,13,16H,7,10-12,17H2,1H3. The first-order chi connectivity index (χ1) is 9.72. The van der Waals surface area contributed by atoms with Crippen molar-refractivity contribution < 1.29 is 0 Å². The molecule has 1 saturated heterocycles. The van der Waals surface area contributed by atoms with Crippen molar-refractivity contribution in [2.24, 2.45) is 11.7 Å². The Hall–Kier alpha value is -1.65. The molecule has 1 aliphatic rings. The Morgan fingerprint density at radius 3 is 2.75 bits per heavy atom. The number of likely N-dealkylation sites (tertiary alicyclic amines) is 1. The van der Waals surface area contributed by atoms with Gasteiger partial charge in [0.15, 0.2) is 0 Å². The zero-order valence-electron chi connectivity index (χ0n) is 11.9. The molecule has 0 radical (unpaired) electrons. The summed E-state index contributed by atoms with van der Waals surface area (Å²) < 4.78 is 1.88. The normalized spacial score (nSPS) is 23.9. The van der Waals surface area contributed by atoms with Crippen LogP contribution in [0.4, 0.5) is 0 Å². The van der Waals surface area contributed by atoms with Gasteiger partial charge in [-0.15, -0.1) is 0 Å². The minimum atomic E-state index is 0.369. The first kappa shape index (κ1) is 13.3. The molecule has 1 aromatic heterocycles. The van der Waals surface area contributed by atoms with E-state index in [9.17, 15) is 0 Å². The van der Waals surface area contributed by atoms with Gasteiger partial charge in [-0.2, -0.15) is 5.10 Å². The van der Waals surface area contributed by atoms with E-state index < -0.39 is 0 Å². The van der Waals surface area contributed by atoms with E-state index in [4.69, 9.17) is 5.73 Å². The van der Waals surface area contributed by atoms with Crippen molar-refractivity contribution in [1.29, 1.82) is 0 Å². The Morgan fingerprint density at radius 1 is 1.30 bits per heavy atom. The molecule has 2 N–H and O–H groups in total. The quantitative estimate of drug-likeness (QED) is 0.928. The number of piperidine rings is 1. The first-order valence-corrected chi connectivity index (χ1v) is 7.29. The number of hydrogen-bond donors (Lipinski definition) is 1. The zero-order valence-corrected chi connectivity index (χ0v) is 11.9. The maximum Gasteiger partial charge on any atom is 0.0645 e. The van der Waals surface area contributed by atoms with Crippen LogP contribution in [0.5, 0.6) is 0 Å². The molecule has 2 heterocycles. The predicted molar refractivity (Wildman–Crippen MR) is 80.6 cm³/mol. The van der Waals surface area contributed by atoms with Crippen LogP contribution >= 0.6 is 0 Å². The molecule has 0 saturated carbocycles. The van der Waals surface area contributed by atoms with Crippen molar-refractivity contribution >= 4 is 0 Å². The van der Waals surface area contributed by atoms with Crippen molar-refractivity contribution in [1.82, 2.24) is 14.7 Å². The van der Waals surface area contributed by atoms with Crippen LogP contribution in [0.3, 0.4) is 0 Å². The van der Waals surface area contributed by atoms with Gasteiger partial charge in [0, 0.05) is 31.5 Å². The molecule has 4 nitrogen and oxygen atoms in total. The lowest BCUT2D eigenvalue weighted by atomic mass is 9.94. The fraction of sp³-hybridized carbons (Fsp3) is 0.438. The molecule has 1 aromatic carbocycles. The highest BCUT2D eigenvalue weighted by molar-refractivity contribution is 5.33. The smallest absolute Gasteiger partial charge is 0.0645 e. The summed E-state index contributed by atoms with van der Waals surface area (Å²) in [6.07, 6.45) is 4.86. The van der Waals surface area contributed by atoms with Gasteiger partial charge >= 0.3 is 0 Å². The predicted octanol–water partition coefficient (Wildman–Crippen LogP) is 2.04. The monoisotopic (exact) mass is 270 g/mol. The maximum absolute atomic E-state index is 6.07. The zero-order chi connectivity index (χ0) is 13.9. The second-order valence-electron chi connectivity index (χ2n) is 5.78. The van der Waals surface area contributed by atoms with Gasteiger partial charge in [-0.25, -0.2) is 4.68 Å². The molecule has 0 bridgehead atoms. The molecule has 1 aliphatic heterocycles. The summed E-state index contributed by atoms with van der Waals surface area (Å²) >= 11 is 0. The molecule has 2 atom stereocenters. The van der Waals surface area contributed by atoms with E-state index in [0.717, 1.165) is 31.7 Å². The van der Waals surface area contributed by atoms with E-state index in [1.54, 1.807) is 6.20 Å². The van der Waals surface area contributed by atoms with Crippen molar-refractivity contribution in [3.63, 3.8) is 0 Å². The van der Waals surface area contributed by atoms with E-state index in [1.165, 1.54) is 5.56 Å². The summed E-state index contributed by atoms with van der Waals surface area (Å²) in [4.78, 5) is 2.50. The van der Waals surface area contributed by atoms with E-state index in [1.807, 2.05) is 16.9 Å². The molecule has 2 aromatic rings.